The lowest BCUT2D eigenvalue weighted by Gasteiger charge is -2.32. The fraction of sp³-hybridized carbons (Fsp3) is 0.135. The van der Waals surface area contributed by atoms with E-state index in [1.165, 1.54) is 12.7 Å². The van der Waals surface area contributed by atoms with Crippen LogP contribution >= 0.6 is 0 Å². The molecule has 0 atom stereocenters. The van der Waals surface area contributed by atoms with Crippen LogP contribution in [0.2, 0.25) is 0 Å². The van der Waals surface area contributed by atoms with E-state index in [0.29, 0.717) is 82.5 Å². The molecule has 356 valence electrons. The summed E-state index contributed by atoms with van der Waals surface area (Å²) in [6.45, 7) is 7.93. The number of likely N-dealkylation sites (tertiary alicyclic amines) is 1. The standard InChI is InChI=1S/C52H42N14O6/c1-31(22-53)49(67)64-40-7-4-8-42(21-40)72-50-45(47(57)59-30-61-50)38-25-62-66(27-38)26-33-5-3-6-35(19-33)52(69)70-28-37-20-43(14-11-36(37)24-55)71-41-12-9-34(10-13-41)44-46(56)58-29-60-48(44)63-39-15-17-65(18-16-39)51(68)32(2)23-54/h3-14,19-21,25,27,29-30,39H,1-2,15-18,26,28H2,(H,64,67)(H2,57,59,61)(H3,56,58,60,63). The summed E-state index contributed by atoms with van der Waals surface area (Å²) in [4.78, 5) is 56.7. The molecule has 7 aromatic rings. The number of nitrogens with one attached hydrogen (secondary N) is 2. The number of carbonyl (C=O) groups excluding carboxylic acids is 3. The minimum absolute atomic E-state index is 0.00429. The van der Waals surface area contributed by atoms with Gasteiger partial charge in [-0.1, -0.05) is 43.5 Å². The summed E-state index contributed by atoms with van der Waals surface area (Å²) < 4.78 is 19.6. The quantitative estimate of drug-likeness (QED) is 0.0419. The van der Waals surface area contributed by atoms with Crippen LogP contribution < -0.4 is 31.6 Å². The largest absolute Gasteiger partial charge is 0.457 e. The summed E-state index contributed by atoms with van der Waals surface area (Å²) in [5, 5.41) is 38.5. The molecular formula is C52H42N14O6. The zero-order valence-corrected chi connectivity index (χ0v) is 38.3. The Kier molecular flexibility index (Phi) is 14.5. The molecule has 1 fully saturated rings. The molecule has 0 unspecified atom stereocenters. The molecule has 0 aliphatic carbocycles. The fourth-order valence-electron chi connectivity index (χ4n) is 7.67. The number of amides is 2. The Morgan fingerprint density at radius 2 is 1.47 bits per heavy atom. The molecule has 1 aliphatic rings. The van der Waals surface area contributed by atoms with E-state index in [9.17, 15) is 19.6 Å². The summed E-state index contributed by atoms with van der Waals surface area (Å²) in [5.74, 6) is 0.659. The van der Waals surface area contributed by atoms with Crippen LogP contribution in [0.5, 0.6) is 23.1 Å². The summed E-state index contributed by atoms with van der Waals surface area (Å²) in [7, 11) is 0. The van der Waals surface area contributed by atoms with Crippen LogP contribution in [0.4, 0.5) is 23.1 Å². The van der Waals surface area contributed by atoms with Crippen LogP contribution in [-0.2, 0) is 27.5 Å². The second-order valence-corrected chi connectivity index (χ2v) is 16.2. The van der Waals surface area contributed by atoms with Crippen molar-refractivity contribution in [1.82, 2.24) is 34.6 Å². The molecule has 8 rings (SSSR count). The zero-order valence-electron chi connectivity index (χ0n) is 38.3. The van der Waals surface area contributed by atoms with Gasteiger partial charge in [-0.05, 0) is 78.6 Å². The van der Waals surface area contributed by atoms with Crippen molar-refractivity contribution in [3.05, 3.63) is 163 Å². The van der Waals surface area contributed by atoms with Gasteiger partial charge in [-0.2, -0.15) is 20.9 Å². The molecule has 1 aliphatic heterocycles. The number of carbonyl (C=O) groups is 3. The fourth-order valence-corrected chi connectivity index (χ4v) is 7.67. The third-order valence-corrected chi connectivity index (χ3v) is 11.3. The summed E-state index contributed by atoms with van der Waals surface area (Å²) in [6, 6.07) is 31.1. The number of anilines is 4. The Morgan fingerprint density at radius 3 is 2.22 bits per heavy atom. The molecule has 3 aromatic heterocycles. The lowest BCUT2D eigenvalue weighted by Crippen LogP contribution is -2.42. The predicted octanol–water partition coefficient (Wildman–Crippen LogP) is 7.32. The van der Waals surface area contributed by atoms with Crippen LogP contribution in [0.1, 0.15) is 39.9 Å². The van der Waals surface area contributed by atoms with Crippen molar-refractivity contribution in [2.24, 2.45) is 0 Å². The third-order valence-electron chi connectivity index (χ3n) is 11.3. The van der Waals surface area contributed by atoms with E-state index < -0.39 is 11.9 Å². The van der Waals surface area contributed by atoms with Gasteiger partial charge in [0.15, 0.2) is 0 Å². The zero-order chi connectivity index (χ0) is 50.7. The van der Waals surface area contributed by atoms with Crippen molar-refractivity contribution >= 4 is 40.9 Å². The van der Waals surface area contributed by atoms with Crippen molar-refractivity contribution < 1.29 is 28.6 Å². The average molecular weight is 959 g/mol. The van der Waals surface area contributed by atoms with Crippen LogP contribution in [-0.4, -0.2) is 71.5 Å². The first-order valence-electron chi connectivity index (χ1n) is 22.0. The minimum atomic E-state index is -0.648. The number of nitrogens with zero attached hydrogens (tertiary/aromatic N) is 10. The van der Waals surface area contributed by atoms with Gasteiger partial charge in [-0.25, -0.2) is 24.7 Å². The Labute approximate surface area is 412 Å². The molecule has 1 saturated heterocycles. The highest BCUT2D eigenvalue weighted by molar-refractivity contribution is 6.06. The number of nitrogens with two attached hydrogens (primary N) is 2. The molecule has 72 heavy (non-hydrogen) atoms. The number of rotatable bonds is 16. The van der Waals surface area contributed by atoms with Crippen molar-refractivity contribution in [2.75, 3.05) is 35.2 Å². The number of nitriles is 3. The number of piperidine rings is 1. The maximum absolute atomic E-state index is 13.4. The number of nitrogen functional groups attached to an aromatic ring is 2. The van der Waals surface area contributed by atoms with Gasteiger partial charge in [0.25, 0.3) is 11.8 Å². The van der Waals surface area contributed by atoms with E-state index >= 15 is 0 Å². The van der Waals surface area contributed by atoms with E-state index in [4.69, 9.17) is 36.2 Å². The summed E-state index contributed by atoms with van der Waals surface area (Å²) in [5.41, 5.74) is 16.7. The molecule has 0 spiro atoms. The molecule has 20 nitrogen and oxygen atoms in total. The third kappa shape index (κ3) is 11.3. The van der Waals surface area contributed by atoms with E-state index in [1.807, 2.05) is 24.3 Å². The van der Waals surface area contributed by atoms with Gasteiger partial charge in [0.1, 0.15) is 77.2 Å². The van der Waals surface area contributed by atoms with Crippen LogP contribution in [0.15, 0.2) is 140 Å². The van der Waals surface area contributed by atoms with Crippen LogP contribution in [0.3, 0.4) is 0 Å². The normalized spacial score (nSPS) is 12.0. The molecule has 20 heteroatoms. The topological polar surface area (TPSA) is 299 Å². The van der Waals surface area contributed by atoms with Gasteiger partial charge < -0.3 is 41.2 Å². The number of benzene rings is 4. The molecule has 4 heterocycles. The maximum atomic E-state index is 13.4. The van der Waals surface area contributed by atoms with Gasteiger partial charge in [-0.15, -0.1) is 0 Å². The summed E-state index contributed by atoms with van der Waals surface area (Å²) in [6.07, 6.45) is 7.20. The molecule has 2 amide bonds. The van der Waals surface area contributed by atoms with Crippen molar-refractivity contribution in [2.45, 2.75) is 32.0 Å². The van der Waals surface area contributed by atoms with Gasteiger partial charge in [0, 0.05) is 48.2 Å². The number of ether oxygens (including phenoxy) is 3. The number of hydrogen-bond donors (Lipinski definition) is 4. The Morgan fingerprint density at radius 1 is 0.764 bits per heavy atom. The second-order valence-electron chi connectivity index (χ2n) is 16.2. The smallest absolute Gasteiger partial charge is 0.338 e. The second kappa shape index (κ2) is 21.7. The van der Waals surface area contributed by atoms with E-state index in [1.54, 1.807) is 101 Å². The predicted molar refractivity (Wildman–Crippen MR) is 263 cm³/mol. The Hall–Kier alpha value is -10.4. The van der Waals surface area contributed by atoms with E-state index in [-0.39, 0.29) is 59.3 Å². The first kappa shape index (κ1) is 48.1. The molecular weight excluding hydrogens is 917 g/mol. The molecule has 6 N–H and O–H groups in total. The SMILES string of the molecule is C=C(C#N)C(=O)Nc1cccc(Oc2ncnc(N)c2-c2cnn(Cc3cccc(C(=O)OCc4cc(Oc5ccc(-c6c(N)ncnc6NC6CCN(C(=O)C(=C)C#N)CC6)cc5)ccc4C#N)c3)c2)c1. The number of esters is 1. The van der Waals surface area contributed by atoms with Gasteiger partial charge in [-0.3, -0.25) is 14.3 Å². The highest BCUT2D eigenvalue weighted by Gasteiger charge is 2.26. The molecule has 0 saturated carbocycles. The van der Waals surface area contributed by atoms with Gasteiger partial charge in [0.2, 0.25) is 5.88 Å². The Bertz CT molecular complexity index is 3380. The summed E-state index contributed by atoms with van der Waals surface area (Å²) >= 11 is 0. The lowest BCUT2D eigenvalue weighted by molar-refractivity contribution is -0.127. The highest BCUT2D eigenvalue weighted by atomic mass is 16.5. The van der Waals surface area contributed by atoms with Crippen LogP contribution in [0, 0.1) is 34.0 Å². The highest BCUT2D eigenvalue weighted by Crippen LogP contribution is 2.37. The minimum Gasteiger partial charge on any atom is -0.457 e. The van der Waals surface area contributed by atoms with Gasteiger partial charge in [0.05, 0.1) is 41.1 Å². The monoisotopic (exact) mass is 958 g/mol. The van der Waals surface area contributed by atoms with Crippen LogP contribution in [0.25, 0.3) is 22.3 Å². The van der Waals surface area contributed by atoms with Crippen molar-refractivity contribution in [3.63, 3.8) is 0 Å². The average Bonchev–Trinajstić information content (AvgIpc) is 3.85. The first-order valence-corrected chi connectivity index (χ1v) is 22.0. The Balaban J connectivity index is 0.887. The number of aromatic nitrogens is 6. The lowest BCUT2D eigenvalue weighted by atomic mass is 10.0. The molecule has 4 aromatic carbocycles. The molecule has 0 bridgehead atoms. The maximum Gasteiger partial charge on any atom is 0.338 e. The first-order chi connectivity index (χ1) is 34.9. The van der Waals surface area contributed by atoms with Crippen molar-refractivity contribution in [3.8, 4) is 63.6 Å². The van der Waals surface area contributed by atoms with Gasteiger partial charge >= 0.3 is 5.97 Å². The van der Waals surface area contributed by atoms with E-state index in [0.717, 1.165) is 11.1 Å². The number of hydrogen-bond acceptors (Lipinski definition) is 17. The van der Waals surface area contributed by atoms with E-state index in [2.05, 4.69) is 54.9 Å². The molecule has 0 radical (unpaired) electrons. The van der Waals surface area contributed by atoms with Crippen molar-refractivity contribution in [1.29, 1.82) is 15.8 Å².